The molecule has 2 amide bonds. The summed E-state index contributed by atoms with van der Waals surface area (Å²) in [7, 11) is 0. The van der Waals surface area contributed by atoms with Gasteiger partial charge in [0.1, 0.15) is 0 Å². The maximum absolute atomic E-state index is 12.2. The molecule has 1 fully saturated rings. The predicted octanol–water partition coefficient (Wildman–Crippen LogP) is 0.663. The molecular weight excluding hydrogens is 242 g/mol. The van der Waals surface area contributed by atoms with Crippen LogP contribution in [0.1, 0.15) is 33.6 Å². The molecule has 2 N–H and O–H groups in total. The Hall–Kier alpha value is -1.72. The fourth-order valence-electron chi connectivity index (χ4n) is 2.90. The van der Waals surface area contributed by atoms with Gasteiger partial charge in [-0.25, -0.2) is 0 Å². The van der Waals surface area contributed by atoms with Crippen molar-refractivity contribution < 1.29 is 9.59 Å². The maximum Gasteiger partial charge on any atom is 0.262 e. The number of carbonyl (C=O) groups excluding carboxylic acids is 2. The van der Waals surface area contributed by atoms with Gasteiger partial charge in [-0.3, -0.25) is 19.4 Å². The van der Waals surface area contributed by atoms with Gasteiger partial charge in [-0.15, -0.1) is 0 Å². The van der Waals surface area contributed by atoms with Crippen molar-refractivity contribution in [3.8, 4) is 0 Å². The van der Waals surface area contributed by atoms with Crippen LogP contribution >= 0.6 is 0 Å². The summed E-state index contributed by atoms with van der Waals surface area (Å²) in [5.74, 6) is -0.383. The number of imide groups is 1. The van der Waals surface area contributed by atoms with E-state index in [1.165, 1.54) is 4.90 Å². The fourth-order valence-corrected chi connectivity index (χ4v) is 2.90. The van der Waals surface area contributed by atoms with Crippen LogP contribution in [0.15, 0.2) is 24.3 Å². The van der Waals surface area contributed by atoms with E-state index in [2.05, 4.69) is 4.90 Å². The summed E-state index contributed by atoms with van der Waals surface area (Å²) in [6.07, 6.45) is 2.12. The number of hydrogen-bond acceptors (Lipinski definition) is 4. The molecule has 2 aliphatic heterocycles. The molecule has 100 valence electrons. The van der Waals surface area contributed by atoms with E-state index in [1.54, 1.807) is 24.3 Å². The molecule has 1 unspecified atom stereocenters. The van der Waals surface area contributed by atoms with Crippen molar-refractivity contribution in [2.45, 2.75) is 18.9 Å². The minimum atomic E-state index is -0.191. The van der Waals surface area contributed by atoms with Gasteiger partial charge >= 0.3 is 0 Å². The summed E-state index contributed by atoms with van der Waals surface area (Å²) >= 11 is 0. The number of fused-ring (bicyclic) bond motifs is 1. The number of amides is 2. The van der Waals surface area contributed by atoms with Gasteiger partial charge in [0.05, 0.1) is 17.8 Å². The molecule has 19 heavy (non-hydrogen) atoms. The summed E-state index contributed by atoms with van der Waals surface area (Å²) in [5.41, 5.74) is 6.74. The van der Waals surface area contributed by atoms with Crippen LogP contribution in [0.2, 0.25) is 0 Å². The van der Waals surface area contributed by atoms with Gasteiger partial charge in [0, 0.05) is 19.1 Å². The molecular formula is C14H17N3O2. The molecule has 3 rings (SSSR count). The lowest BCUT2D eigenvalue weighted by Crippen LogP contribution is -2.45. The first kappa shape index (κ1) is 12.3. The number of rotatable bonds is 3. The fraction of sp³-hybridized carbons (Fsp3) is 0.429. The van der Waals surface area contributed by atoms with Crippen LogP contribution < -0.4 is 5.73 Å². The zero-order valence-electron chi connectivity index (χ0n) is 10.7. The van der Waals surface area contributed by atoms with Crippen LogP contribution in [0.25, 0.3) is 0 Å². The van der Waals surface area contributed by atoms with Crippen LogP contribution in [0.5, 0.6) is 0 Å². The normalized spacial score (nSPS) is 23.2. The molecule has 1 saturated heterocycles. The number of benzene rings is 1. The van der Waals surface area contributed by atoms with Gasteiger partial charge in [0.2, 0.25) is 0 Å². The van der Waals surface area contributed by atoms with E-state index in [4.69, 9.17) is 5.73 Å². The lowest BCUT2D eigenvalue weighted by atomic mass is 10.1. The second-order valence-electron chi connectivity index (χ2n) is 5.07. The lowest BCUT2D eigenvalue weighted by Gasteiger charge is -2.27. The molecule has 0 radical (unpaired) electrons. The van der Waals surface area contributed by atoms with Gasteiger partial charge in [0.25, 0.3) is 11.8 Å². The third-order valence-electron chi connectivity index (χ3n) is 3.97. The third-order valence-corrected chi connectivity index (χ3v) is 3.97. The molecule has 1 aromatic rings. The molecule has 1 atom stereocenters. The van der Waals surface area contributed by atoms with E-state index < -0.39 is 0 Å². The Balaban J connectivity index is 1.81. The van der Waals surface area contributed by atoms with Crippen LogP contribution in [-0.4, -0.2) is 47.4 Å². The Morgan fingerprint density at radius 1 is 1.16 bits per heavy atom. The zero-order chi connectivity index (χ0) is 13.4. The first-order valence-electron chi connectivity index (χ1n) is 6.61. The van der Waals surface area contributed by atoms with Crippen LogP contribution in [-0.2, 0) is 0 Å². The average molecular weight is 259 g/mol. The summed E-state index contributed by atoms with van der Waals surface area (Å²) in [6, 6.07) is 7.27. The largest absolute Gasteiger partial charge is 0.329 e. The van der Waals surface area contributed by atoms with Crippen molar-refractivity contribution in [1.82, 2.24) is 9.80 Å². The van der Waals surface area contributed by atoms with Gasteiger partial charge in [-0.1, -0.05) is 12.1 Å². The number of likely N-dealkylation sites (tertiary alicyclic amines) is 1. The molecule has 0 aliphatic carbocycles. The summed E-state index contributed by atoms with van der Waals surface area (Å²) in [4.78, 5) is 27.9. The van der Waals surface area contributed by atoms with Crippen molar-refractivity contribution in [3.63, 3.8) is 0 Å². The van der Waals surface area contributed by atoms with Gasteiger partial charge in [0.15, 0.2) is 0 Å². The molecule has 0 spiro atoms. The first-order chi connectivity index (χ1) is 9.22. The predicted molar refractivity (Wildman–Crippen MR) is 70.6 cm³/mol. The van der Waals surface area contributed by atoms with Crippen LogP contribution in [0, 0.1) is 0 Å². The van der Waals surface area contributed by atoms with Gasteiger partial charge in [-0.2, -0.15) is 0 Å². The standard InChI is InChI=1S/C14H17N3O2/c15-8-10-4-3-7-16(10)9-17-13(18)11-5-1-2-6-12(11)14(17)19/h1-2,5-6,10H,3-4,7-9,15H2. The molecule has 0 aromatic heterocycles. The van der Waals surface area contributed by atoms with Crippen LogP contribution in [0.3, 0.4) is 0 Å². The van der Waals surface area contributed by atoms with E-state index in [9.17, 15) is 9.59 Å². The number of nitrogens with zero attached hydrogens (tertiary/aromatic N) is 2. The highest BCUT2D eigenvalue weighted by molar-refractivity contribution is 6.21. The van der Waals surface area contributed by atoms with Crippen molar-refractivity contribution in [1.29, 1.82) is 0 Å². The van der Waals surface area contributed by atoms with Crippen molar-refractivity contribution in [2.75, 3.05) is 19.8 Å². The Labute approximate surface area is 112 Å². The smallest absolute Gasteiger partial charge is 0.262 e. The Kier molecular flexibility index (Phi) is 3.08. The number of nitrogens with two attached hydrogens (primary N) is 1. The number of hydrogen-bond donors (Lipinski definition) is 1. The van der Waals surface area contributed by atoms with Crippen LogP contribution in [0.4, 0.5) is 0 Å². The molecule has 2 heterocycles. The molecule has 5 nitrogen and oxygen atoms in total. The van der Waals surface area contributed by atoms with E-state index in [0.29, 0.717) is 24.3 Å². The van der Waals surface area contributed by atoms with Crippen molar-refractivity contribution in [3.05, 3.63) is 35.4 Å². The topological polar surface area (TPSA) is 66.6 Å². The maximum atomic E-state index is 12.2. The summed E-state index contributed by atoms with van der Waals surface area (Å²) in [5, 5.41) is 0. The highest BCUT2D eigenvalue weighted by atomic mass is 16.2. The summed E-state index contributed by atoms with van der Waals surface area (Å²) in [6.45, 7) is 1.83. The van der Waals surface area contributed by atoms with Crippen molar-refractivity contribution in [2.24, 2.45) is 5.73 Å². The molecule has 0 saturated carbocycles. The lowest BCUT2D eigenvalue weighted by molar-refractivity contribution is 0.0531. The molecule has 0 bridgehead atoms. The Bertz CT molecular complexity index is 494. The second kappa shape index (κ2) is 4.75. The minimum Gasteiger partial charge on any atom is -0.329 e. The molecule has 1 aromatic carbocycles. The van der Waals surface area contributed by atoms with E-state index in [1.807, 2.05) is 0 Å². The van der Waals surface area contributed by atoms with Crippen molar-refractivity contribution >= 4 is 11.8 Å². The quantitative estimate of drug-likeness (QED) is 0.810. The SMILES string of the molecule is NCC1CCCN1CN1C(=O)c2ccccc2C1=O. The first-order valence-corrected chi connectivity index (χ1v) is 6.61. The Morgan fingerprint density at radius 3 is 2.37 bits per heavy atom. The minimum absolute atomic E-state index is 0.191. The van der Waals surface area contributed by atoms with E-state index in [-0.39, 0.29) is 17.9 Å². The highest BCUT2D eigenvalue weighted by Crippen LogP contribution is 2.24. The second-order valence-corrected chi connectivity index (χ2v) is 5.07. The third kappa shape index (κ3) is 1.95. The molecule has 5 heteroatoms. The van der Waals surface area contributed by atoms with E-state index >= 15 is 0 Å². The monoisotopic (exact) mass is 259 g/mol. The van der Waals surface area contributed by atoms with E-state index in [0.717, 1.165) is 19.4 Å². The average Bonchev–Trinajstić information content (AvgIpc) is 2.98. The highest BCUT2D eigenvalue weighted by Gasteiger charge is 2.37. The summed E-state index contributed by atoms with van der Waals surface area (Å²) < 4.78 is 0. The Morgan fingerprint density at radius 2 is 1.79 bits per heavy atom. The zero-order valence-corrected chi connectivity index (χ0v) is 10.7. The van der Waals surface area contributed by atoms with Gasteiger partial charge in [-0.05, 0) is 25.0 Å². The molecule has 2 aliphatic rings. The number of carbonyl (C=O) groups is 2. The van der Waals surface area contributed by atoms with Gasteiger partial charge < -0.3 is 5.73 Å².